The molecule has 3 heteroatoms. The Bertz CT molecular complexity index is 260. The second-order valence-electron chi connectivity index (χ2n) is 3.34. The molecule has 0 aliphatic heterocycles. The van der Waals surface area contributed by atoms with E-state index in [1.54, 1.807) is 0 Å². The van der Waals surface area contributed by atoms with Crippen LogP contribution in [0.25, 0.3) is 0 Å². The number of aryl methyl sites for hydroxylation is 1. The van der Waals surface area contributed by atoms with Crippen molar-refractivity contribution in [3.63, 3.8) is 0 Å². The van der Waals surface area contributed by atoms with Crippen LogP contribution in [0, 0.1) is 6.92 Å². The van der Waals surface area contributed by atoms with E-state index in [9.17, 15) is 0 Å². The monoisotopic (exact) mass is 213 g/mol. The van der Waals surface area contributed by atoms with Crippen LogP contribution in [0.3, 0.4) is 0 Å². The maximum atomic E-state index is 5.27. The maximum absolute atomic E-state index is 5.27. The van der Waals surface area contributed by atoms with Crippen LogP contribution in [-0.4, -0.2) is 19.8 Å². The van der Waals surface area contributed by atoms with E-state index < -0.39 is 0 Å². The number of hydrogen-bond acceptors (Lipinski definition) is 3. The average Bonchev–Trinajstić information content (AvgIpc) is 2.59. The van der Waals surface area contributed by atoms with Gasteiger partial charge in [0.15, 0.2) is 0 Å². The molecule has 80 valence electrons. The standard InChI is InChI=1S/C11H19NOS/c1-4-13-7-6-12-10(3)11-9(2)5-8-14-11/h5,8,10,12H,4,6-7H2,1-3H3/t10-/m0/s1. The van der Waals surface area contributed by atoms with E-state index in [1.165, 1.54) is 10.4 Å². The fourth-order valence-electron chi connectivity index (χ4n) is 1.41. The Labute approximate surface area is 90.3 Å². The summed E-state index contributed by atoms with van der Waals surface area (Å²) in [6.45, 7) is 8.90. The van der Waals surface area contributed by atoms with Gasteiger partial charge < -0.3 is 10.1 Å². The van der Waals surface area contributed by atoms with Crippen LogP contribution in [0.1, 0.15) is 30.3 Å². The molecule has 0 amide bonds. The van der Waals surface area contributed by atoms with Crippen LogP contribution < -0.4 is 5.32 Å². The Morgan fingerprint density at radius 2 is 2.36 bits per heavy atom. The molecule has 1 rings (SSSR count). The molecular formula is C11H19NOS. The third kappa shape index (κ3) is 3.40. The van der Waals surface area contributed by atoms with Gasteiger partial charge in [0, 0.05) is 24.1 Å². The average molecular weight is 213 g/mol. The van der Waals surface area contributed by atoms with Crippen molar-refractivity contribution in [1.29, 1.82) is 0 Å². The topological polar surface area (TPSA) is 21.3 Å². The van der Waals surface area contributed by atoms with E-state index in [-0.39, 0.29) is 0 Å². The van der Waals surface area contributed by atoms with Gasteiger partial charge in [-0.2, -0.15) is 0 Å². The van der Waals surface area contributed by atoms with Crippen molar-refractivity contribution in [2.45, 2.75) is 26.8 Å². The lowest BCUT2D eigenvalue weighted by molar-refractivity contribution is 0.147. The fourth-order valence-corrected chi connectivity index (χ4v) is 2.37. The van der Waals surface area contributed by atoms with Crippen LogP contribution in [0.2, 0.25) is 0 Å². The molecule has 1 atom stereocenters. The summed E-state index contributed by atoms with van der Waals surface area (Å²) in [4.78, 5) is 1.43. The summed E-state index contributed by atoms with van der Waals surface area (Å²) < 4.78 is 5.27. The second kappa shape index (κ2) is 6.17. The van der Waals surface area contributed by atoms with Gasteiger partial charge in [0.05, 0.1) is 6.61 Å². The molecule has 14 heavy (non-hydrogen) atoms. The number of thiophene rings is 1. The molecule has 1 heterocycles. The summed E-state index contributed by atoms with van der Waals surface area (Å²) in [5.41, 5.74) is 1.38. The van der Waals surface area contributed by atoms with Crippen molar-refractivity contribution < 1.29 is 4.74 Å². The van der Waals surface area contributed by atoms with E-state index in [1.807, 2.05) is 18.3 Å². The van der Waals surface area contributed by atoms with Crippen LogP contribution in [-0.2, 0) is 4.74 Å². The molecule has 0 aliphatic carbocycles. The lowest BCUT2D eigenvalue weighted by Crippen LogP contribution is -2.23. The zero-order valence-corrected chi connectivity index (χ0v) is 9.99. The molecule has 0 radical (unpaired) electrons. The van der Waals surface area contributed by atoms with E-state index in [0.29, 0.717) is 6.04 Å². The lowest BCUT2D eigenvalue weighted by atomic mass is 10.2. The van der Waals surface area contributed by atoms with Gasteiger partial charge in [0.2, 0.25) is 0 Å². The SMILES string of the molecule is CCOCCN[C@@H](C)c1sccc1C. The summed E-state index contributed by atoms with van der Waals surface area (Å²) in [6.07, 6.45) is 0. The minimum atomic E-state index is 0.440. The first-order chi connectivity index (χ1) is 6.75. The summed E-state index contributed by atoms with van der Waals surface area (Å²) in [6, 6.07) is 2.61. The molecule has 0 saturated carbocycles. The highest BCUT2D eigenvalue weighted by Gasteiger charge is 2.07. The summed E-state index contributed by atoms with van der Waals surface area (Å²) >= 11 is 1.82. The summed E-state index contributed by atoms with van der Waals surface area (Å²) in [7, 11) is 0. The Morgan fingerprint density at radius 1 is 1.57 bits per heavy atom. The molecule has 0 saturated heterocycles. The van der Waals surface area contributed by atoms with Gasteiger partial charge in [-0.15, -0.1) is 11.3 Å². The normalized spacial score (nSPS) is 13.1. The molecule has 1 aromatic rings. The summed E-state index contributed by atoms with van der Waals surface area (Å²) in [5.74, 6) is 0. The fraction of sp³-hybridized carbons (Fsp3) is 0.636. The van der Waals surface area contributed by atoms with Gasteiger partial charge in [-0.1, -0.05) is 0 Å². The van der Waals surface area contributed by atoms with Crippen molar-refractivity contribution in [2.75, 3.05) is 19.8 Å². The molecule has 0 aromatic carbocycles. The van der Waals surface area contributed by atoms with Crippen LogP contribution in [0.5, 0.6) is 0 Å². The molecular weight excluding hydrogens is 194 g/mol. The Hall–Kier alpha value is -0.380. The third-order valence-electron chi connectivity index (χ3n) is 2.20. The predicted molar refractivity (Wildman–Crippen MR) is 62.0 cm³/mol. The van der Waals surface area contributed by atoms with Crippen LogP contribution in [0.15, 0.2) is 11.4 Å². The molecule has 1 N–H and O–H groups in total. The first-order valence-corrected chi connectivity index (χ1v) is 5.98. The summed E-state index contributed by atoms with van der Waals surface area (Å²) in [5, 5.41) is 5.59. The van der Waals surface area contributed by atoms with Crippen molar-refractivity contribution in [1.82, 2.24) is 5.32 Å². The Morgan fingerprint density at radius 3 is 2.93 bits per heavy atom. The smallest absolute Gasteiger partial charge is 0.0590 e. The van der Waals surface area contributed by atoms with E-state index >= 15 is 0 Å². The first kappa shape index (κ1) is 11.7. The van der Waals surface area contributed by atoms with Gasteiger partial charge in [0.25, 0.3) is 0 Å². The Kier molecular flexibility index (Phi) is 5.15. The van der Waals surface area contributed by atoms with E-state index in [4.69, 9.17) is 4.74 Å². The highest BCUT2D eigenvalue weighted by molar-refractivity contribution is 7.10. The molecule has 0 spiro atoms. The van der Waals surface area contributed by atoms with Gasteiger partial charge in [0.1, 0.15) is 0 Å². The number of ether oxygens (including phenoxy) is 1. The quantitative estimate of drug-likeness (QED) is 0.734. The van der Waals surface area contributed by atoms with E-state index in [0.717, 1.165) is 19.8 Å². The number of rotatable bonds is 6. The van der Waals surface area contributed by atoms with Crippen molar-refractivity contribution in [3.05, 3.63) is 21.9 Å². The predicted octanol–water partition coefficient (Wildman–Crippen LogP) is 2.74. The van der Waals surface area contributed by atoms with Gasteiger partial charge in [-0.25, -0.2) is 0 Å². The lowest BCUT2D eigenvalue weighted by Gasteiger charge is -2.13. The molecule has 1 aromatic heterocycles. The zero-order valence-electron chi connectivity index (χ0n) is 9.17. The second-order valence-corrected chi connectivity index (χ2v) is 4.29. The third-order valence-corrected chi connectivity index (χ3v) is 3.40. The maximum Gasteiger partial charge on any atom is 0.0590 e. The largest absolute Gasteiger partial charge is 0.380 e. The van der Waals surface area contributed by atoms with Gasteiger partial charge in [-0.05, 0) is 37.8 Å². The van der Waals surface area contributed by atoms with Crippen molar-refractivity contribution in [3.8, 4) is 0 Å². The molecule has 0 bridgehead atoms. The zero-order chi connectivity index (χ0) is 10.4. The highest BCUT2D eigenvalue weighted by atomic mass is 32.1. The van der Waals surface area contributed by atoms with Gasteiger partial charge >= 0.3 is 0 Å². The van der Waals surface area contributed by atoms with Crippen LogP contribution in [0.4, 0.5) is 0 Å². The number of hydrogen-bond donors (Lipinski definition) is 1. The van der Waals surface area contributed by atoms with Crippen LogP contribution >= 0.6 is 11.3 Å². The molecule has 0 aliphatic rings. The highest BCUT2D eigenvalue weighted by Crippen LogP contribution is 2.22. The minimum absolute atomic E-state index is 0.440. The van der Waals surface area contributed by atoms with Crippen molar-refractivity contribution >= 4 is 11.3 Å². The molecule has 0 unspecified atom stereocenters. The number of nitrogens with one attached hydrogen (secondary N) is 1. The minimum Gasteiger partial charge on any atom is -0.380 e. The molecule has 0 fully saturated rings. The first-order valence-electron chi connectivity index (χ1n) is 5.10. The van der Waals surface area contributed by atoms with E-state index in [2.05, 4.69) is 30.6 Å². The Balaban J connectivity index is 2.28. The van der Waals surface area contributed by atoms with Crippen molar-refractivity contribution in [2.24, 2.45) is 0 Å². The van der Waals surface area contributed by atoms with Gasteiger partial charge in [-0.3, -0.25) is 0 Å². The molecule has 2 nitrogen and oxygen atoms in total.